The second kappa shape index (κ2) is 21.7. The second-order valence-corrected chi connectivity index (χ2v) is 13.1. The van der Waals surface area contributed by atoms with Crippen LogP contribution in [0.25, 0.3) is 0 Å². The number of rotatable bonds is 21. The predicted octanol–water partition coefficient (Wildman–Crippen LogP) is -1.85. The van der Waals surface area contributed by atoms with Crippen LogP contribution in [0.3, 0.4) is 0 Å². The summed E-state index contributed by atoms with van der Waals surface area (Å²) in [7, 11) is 0. The Bertz CT molecular complexity index is 851. The molecule has 0 radical (unpaired) electrons. The molecular weight excluding hydrogens is 640 g/mol. The van der Waals surface area contributed by atoms with E-state index in [-0.39, 0.29) is 6.61 Å². The molecule has 0 aromatic heterocycles. The quantitative estimate of drug-likeness (QED) is 0.0590. The van der Waals surface area contributed by atoms with Crippen LogP contribution in [-0.2, 0) is 28.4 Å². The van der Waals surface area contributed by atoms with Crippen molar-refractivity contribution in [2.75, 3.05) is 26.4 Å². The van der Waals surface area contributed by atoms with Gasteiger partial charge < -0.3 is 79.5 Å². The Morgan fingerprint density at radius 2 is 0.792 bits per heavy atom. The third-order valence-corrected chi connectivity index (χ3v) is 9.35. The van der Waals surface area contributed by atoms with Crippen LogP contribution in [0, 0.1) is 0 Å². The number of hydrogen-bond acceptors (Lipinski definition) is 16. The van der Waals surface area contributed by atoms with Gasteiger partial charge in [0, 0.05) is 6.61 Å². The summed E-state index contributed by atoms with van der Waals surface area (Å²) in [5.41, 5.74) is 0. The first kappa shape index (κ1) is 41.8. The Morgan fingerprint density at radius 1 is 0.417 bits per heavy atom. The average Bonchev–Trinajstić information content (AvgIpc) is 3.09. The molecule has 16 nitrogen and oxygen atoms in total. The molecule has 284 valence electrons. The third kappa shape index (κ3) is 11.4. The second-order valence-electron chi connectivity index (χ2n) is 13.1. The van der Waals surface area contributed by atoms with E-state index in [2.05, 4.69) is 6.92 Å². The lowest BCUT2D eigenvalue weighted by Crippen LogP contribution is -2.66. The van der Waals surface area contributed by atoms with Gasteiger partial charge in [0.15, 0.2) is 18.9 Å². The highest BCUT2D eigenvalue weighted by Gasteiger charge is 2.53. The van der Waals surface area contributed by atoms with E-state index in [1.807, 2.05) is 0 Å². The van der Waals surface area contributed by atoms with E-state index in [1.54, 1.807) is 0 Å². The molecule has 10 N–H and O–H groups in total. The molecule has 0 amide bonds. The molecule has 3 fully saturated rings. The van der Waals surface area contributed by atoms with E-state index in [1.165, 1.54) is 51.4 Å². The molecule has 0 aromatic rings. The minimum atomic E-state index is -1.88. The van der Waals surface area contributed by atoms with Crippen LogP contribution < -0.4 is 0 Å². The van der Waals surface area contributed by atoms with Crippen LogP contribution in [0.4, 0.5) is 0 Å². The van der Waals surface area contributed by atoms with Crippen molar-refractivity contribution in [2.45, 2.75) is 176 Å². The molecule has 3 heterocycles. The maximum absolute atomic E-state index is 10.9. The smallest absolute Gasteiger partial charge is 0.187 e. The molecule has 3 aliphatic heterocycles. The van der Waals surface area contributed by atoms with Gasteiger partial charge in [-0.25, -0.2) is 0 Å². The first-order chi connectivity index (χ1) is 23.1. The van der Waals surface area contributed by atoms with E-state index >= 15 is 0 Å². The van der Waals surface area contributed by atoms with Gasteiger partial charge in [0.05, 0.1) is 19.8 Å². The minimum Gasteiger partial charge on any atom is -0.394 e. The van der Waals surface area contributed by atoms with E-state index in [0.29, 0.717) is 0 Å². The number of hydrogen-bond donors (Lipinski definition) is 10. The van der Waals surface area contributed by atoms with Gasteiger partial charge in [-0.15, -0.1) is 0 Å². The maximum Gasteiger partial charge on any atom is 0.187 e. The summed E-state index contributed by atoms with van der Waals surface area (Å²) in [5, 5.41) is 103. The lowest BCUT2D eigenvalue weighted by atomic mass is 9.96. The number of aliphatic hydroxyl groups excluding tert-OH is 10. The molecule has 0 aliphatic carbocycles. The molecule has 0 aromatic carbocycles. The molecule has 0 unspecified atom stereocenters. The van der Waals surface area contributed by atoms with Crippen molar-refractivity contribution in [3.63, 3.8) is 0 Å². The molecule has 3 saturated heterocycles. The lowest BCUT2D eigenvalue weighted by Gasteiger charge is -2.48. The van der Waals surface area contributed by atoms with E-state index in [0.717, 1.165) is 25.7 Å². The van der Waals surface area contributed by atoms with Crippen molar-refractivity contribution in [1.29, 1.82) is 0 Å². The number of unbranched alkanes of at least 4 members (excludes halogenated alkanes) is 11. The molecule has 3 rings (SSSR count). The van der Waals surface area contributed by atoms with Gasteiger partial charge in [-0.2, -0.15) is 0 Å². The SMILES string of the molecule is CCCCCCCCCCCCCCO[C@H]1O[C@H](CO)[C@H](O[C@H]2O[C@H](CO)[C@H](O[C@H]3O[C@H](CO)[C@H](O)[C@H](O)[C@H]3O)[C@H](O)[C@H]2O)[C@H](O)[C@H]1O. The standard InChI is InChI=1S/C32H60O16/c1-2-3-4-5-6-7-8-9-10-11-12-13-14-43-30-26(41)23(38)28(19(16-34)45-30)48-32-27(42)24(39)29(20(17-35)46-32)47-31-25(40)22(37)21(36)18(15-33)44-31/h18-42H,2-17H2,1H3/t18-,19-,20-,21+,22+,23-,24-,25-,26-,27-,28+,29+,30+,31-,32-/m1/s1. The van der Waals surface area contributed by atoms with Gasteiger partial charge in [-0.05, 0) is 6.42 Å². The van der Waals surface area contributed by atoms with Crippen LogP contribution >= 0.6 is 0 Å². The van der Waals surface area contributed by atoms with Gasteiger partial charge in [-0.1, -0.05) is 77.6 Å². The Morgan fingerprint density at radius 3 is 1.25 bits per heavy atom. The maximum atomic E-state index is 10.9. The van der Waals surface area contributed by atoms with Crippen LogP contribution in [0.5, 0.6) is 0 Å². The number of aliphatic hydroxyl groups is 10. The zero-order valence-corrected chi connectivity index (χ0v) is 27.9. The fourth-order valence-electron chi connectivity index (χ4n) is 6.32. The molecule has 16 heteroatoms. The molecule has 0 bridgehead atoms. The number of ether oxygens (including phenoxy) is 6. The summed E-state index contributed by atoms with van der Waals surface area (Å²) in [5.74, 6) is 0. The van der Waals surface area contributed by atoms with E-state index in [9.17, 15) is 51.1 Å². The summed E-state index contributed by atoms with van der Waals surface area (Å²) in [6, 6.07) is 0. The topological polar surface area (TPSA) is 258 Å². The van der Waals surface area contributed by atoms with Crippen LogP contribution in [0.15, 0.2) is 0 Å². The zero-order chi connectivity index (χ0) is 35.2. The van der Waals surface area contributed by atoms with Gasteiger partial charge in [0.1, 0.15) is 73.2 Å². The van der Waals surface area contributed by atoms with Gasteiger partial charge in [-0.3, -0.25) is 0 Å². The van der Waals surface area contributed by atoms with Crippen LogP contribution in [0.2, 0.25) is 0 Å². The van der Waals surface area contributed by atoms with Gasteiger partial charge in [0.2, 0.25) is 0 Å². The van der Waals surface area contributed by atoms with E-state index in [4.69, 9.17) is 28.4 Å². The molecular formula is C32H60O16. The third-order valence-electron chi connectivity index (χ3n) is 9.35. The summed E-state index contributed by atoms with van der Waals surface area (Å²) in [4.78, 5) is 0. The van der Waals surface area contributed by atoms with Crippen LogP contribution in [0.1, 0.15) is 84.0 Å². The van der Waals surface area contributed by atoms with Crippen molar-refractivity contribution in [3.05, 3.63) is 0 Å². The first-order valence-electron chi connectivity index (χ1n) is 17.6. The van der Waals surface area contributed by atoms with Crippen molar-refractivity contribution in [2.24, 2.45) is 0 Å². The zero-order valence-electron chi connectivity index (χ0n) is 27.9. The fraction of sp³-hybridized carbons (Fsp3) is 1.00. The largest absolute Gasteiger partial charge is 0.394 e. The summed E-state index contributed by atoms with van der Waals surface area (Å²) in [6.07, 6.45) is -9.78. The van der Waals surface area contributed by atoms with Crippen molar-refractivity contribution >= 4 is 0 Å². The van der Waals surface area contributed by atoms with Gasteiger partial charge >= 0.3 is 0 Å². The average molecular weight is 701 g/mol. The molecule has 0 spiro atoms. The molecule has 3 aliphatic rings. The molecule has 48 heavy (non-hydrogen) atoms. The Hall–Kier alpha value is -0.640. The predicted molar refractivity (Wildman–Crippen MR) is 166 cm³/mol. The fourth-order valence-corrected chi connectivity index (χ4v) is 6.32. The monoisotopic (exact) mass is 700 g/mol. The Kier molecular flexibility index (Phi) is 18.9. The first-order valence-corrected chi connectivity index (χ1v) is 17.6. The van der Waals surface area contributed by atoms with Gasteiger partial charge in [0.25, 0.3) is 0 Å². The molecule has 0 saturated carbocycles. The van der Waals surface area contributed by atoms with Crippen molar-refractivity contribution in [1.82, 2.24) is 0 Å². The summed E-state index contributed by atoms with van der Waals surface area (Å²) < 4.78 is 33.5. The molecule has 15 atom stereocenters. The van der Waals surface area contributed by atoms with Crippen LogP contribution in [-0.4, -0.2) is 170 Å². The van der Waals surface area contributed by atoms with E-state index < -0.39 is 112 Å². The Balaban J connectivity index is 1.45. The Labute approximate surface area is 282 Å². The highest BCUT2D eigenvalue weighted by molar-refractivity contribution is 4.96. The highest BCUT2D eigenvalue weighted by Crippen LogP contribution is 2.32. The summed E-state index contributed by atoms with van der Waals surface area (Å²) in [6.45, 7) is 0.293. The minimum absolute atomic E-state index is 0.264. The normalized spacial score (nSPS) is 40.7. The highest BCUT2D eigenvalue weighted by atomic mass is 16.8. The van der Waals surface area contributed by atoms with Crippen molar-refractivity contribution < 1.29 is 79.5 Å². The summed E-state index contributed by atoms with van der Waals surface area (Å²) >= 11 is 0. The lowest BCUT2D eigenvalue weighted by molar-refractivity contribution is -0.379. The van der Waals surface area contributed by atoms with Crippen molar-refractivity contribution in [3.8, 4) is 0 Å².